The van der Waals surface area contributed by atoms with Crippen LogP contribution in [0.5, 0.6) is 0 Å². The predicted octanol–water partition coefficient (Wildman–Crippen LogP) is 1.84. The number of piperazine rings is 1. The third-order valence-electron chi connectivity index (χ3n) is 7.31. The standard InChI is InChI=1S/C26H36N6O5/c1-17(33)18-9-11-20(12-10-18)28-25(36)31-14-15-32(26(37)29-19-6-3-2-4-7-19)22(16-31)24(35)30-21-8-5-13-27-23(21)34/h9-12,19,21-22H,2-8,13-16H2,1H3,(H,27,34)(H,28,36)(H,29,37)(H,30,35)/t21-,22+/m0/s1. The number of ketones is 1. The van der Waals surface area contributed by atoms with E-state index in [4.69, 9.17) is 0 Å². The molecule has 0 bridgehead atoms. The molecular weight excluding hydrogens is 476 g/mol. The lowest BCUT2D eigenvalue weighted by Crippen LogP contribution is -2.65. The fourth-order valence-electron chi connectivity index (χ4n) is 5.11. The maximum absolute atomic E-state index is 13.3. The van der Waals surface area contributed by atoms with E-state index in [1.54, 1.807) is 24.3 Å². The Balaban J connectivity index is 1.44. The van der Waals surface area contributed by atoms with Crippen LogP contribution in [0.2, 0.25) is 0 Å². The second-order valence-electron chi connectivity index (χ2n) is 10.00. The SMILES string of the molecule is CC(=O)c1ccc(NC(=O)N2CCN(C(=O)NC3CCCCC3)[C@@H](C(=O)N[C@H]3CCCNC3=O)C2)cc1. The summed E-state index contributed by atoms with van der Waals surface area (Å²) in [5, 5.41) is 11.4. The molecule has 0 unspecified atom stereocenters. The van der Waals surface area contributed by atoms with Gasteiger partial charge in [0.2, 0.25) is 11.8 Å². The highest BCUT2D eigenvalue weighted by atomic mass is 16.2. The van der Waals surface area contributed by atoms with Crippen LogP contribution in [0.3, 0.4) is 0 Å². The molecule has 2 aliphatic heterocycles. The van der Waals surface area contributed by atoms with Crippen molar-refractivity contribution < 1.29 is 24.0 Å². The highest BCUT2D eigenvalue weighted by Crippen LogP contribution is 2.20. The van der Waals surface area contributed by atoms with Gasteiger partial charge in [0.15, 0.2) is 5.78 Å². The Morgan fingerprint density at radius 1 is 0.892 bits per heavy atom. The van der Waals surface area contributed by atoms with Crippen molar-refractivity contribution in [2.24, 2.45) is 0 Å². The van der Waals surface area contributed by atoms with Crippen molar-refractivity contribution in [2.45, 2.75) is 70.0 Å². The molecule has 1 aliphatic carbocycles. The van der Waals surface area contributed by atoms with E-state index < -0.39 is 24.0 Å². The highest BCUT2D eigenvalue weighted by molar-refractivity contribution is 5.96. The summed E-state index contributed by atoms with van der Waals surface area (Å²) in [5.74, 6) is -0.762. The van der Waals surface area contributed by atoms with Crippen molar-refractivity contribution in [1.82, 2.24) is 25.8 Å². The molecule has 3 aliphatic rings. The zero-order valence-corrected chi connectivity index (χ0v) is 21.3. The second-order valence-corrected chi connectivity index (χ2v) is 10.00. The molecule has 2 atom stereocenters. The molecule has 0 spiro atoms. The minimum absolute atomic E-state index is 0.00434. The lowest BCUT2D eigenvalue weighted by molar-refractivity contribution is -0.133. The molecule has 1 aromatic rings. The Labute approximate surface area is 216 Å². The molecule has 6 amide bonds. The minimum Gasteiger partial charge on any atom is -0.354 e. The summed E-state index contributed by atoms with van der Waals surface area (Å²) in [6.45, 7) is 2.48. The molecule has 4 rings (SSSR count). The molecule has 0 radical (unpaired) electrons. The van der Waals surface area contributed by atoms with E-state index in [2.05, 4.69) is 21.3 Å². The number of nitrogens with zero attached hydrogens (tertiary/aromatic N) is 2. The van der Waals surface area contributed by atoms with Crippen LogP contribution in [0, 0.1) is 0 Å². The van der Waals surface area contributed by atoms with Crippen LogP contribution in [0.4, 0.5) is 15.3 Å². The van der Waals surface area contributed by atoms with Gasteiger partial charge in [0.1, 0.15) is 12.1 Å². The molecular formula is C26H36N6O5. The van der Waals surface area contributed by atoms with Gasteiger partial charge in [0.05, 0.1) is 6.54 Å². The summed E-state index contributed by atoms with van der Waals surface area (Å²) in [6.07, 6.45) is 6.39. The third-order valence-corrected chi connectivity index (χ3v) is 7.31. The quantitative estimate of drug-likeness (QED) is 0.446. The third kappa shape index (κ3) is 6.78. The summed E-state index contributed by atoms with van der Waals surface area (Å²) in [6, 6.07) is 4.33. The number of rotatable bonds is 5. The number of piperidine rings is 1. The summed E-state index contributed by atoms with van der Waals surface area (Å²) in [7, 11) is 0. The van der Waals surface area contributed by atoms with E-state index in [1.807, 2.05) is 0 Å². The van der Waals surface area contributed by atoms with E-state index in [0.29, 0.717) is 24.2 Å². The fourth-order valence-corrected chi connectivity index (χ4v) is 5.11. The van der Waals surface area contributed by atoms with Crippen molar-refractivity contribution in [3.8, 4) is 0 Å². The Morgan fingerprint density at radius 3 is 2.30 bits per heavy atom. The number of carbonyl (C=O) groups excluding carboxylic acids is 5. The number of nitrogens with one attached hydrogen (secondary N) is 4. The number of urea groups is 2. The largest absolute Gasteiger partial charge is 0.354 e. The van der Waals surface area contributed by atoms with Crippen molar-refractivity contribution in [1.29, 1.82) is 0 Å². The number of benzene rings is 1. The number of carbonyl (C=O) groups is 5. The maximum atomic E-state index is 13.3. The lowest BCUT2D eigenvalue weighted by Gasteiger charge is -2.41. The Bertz CT molecular complexity index is 1020. The topological polar surface area (TPSA) is 140 Å². The van der Waals surface area contributed by atoms with E-state index in [-0.39, 0.29) is 43.4 Å². The van der Waals surface area contributed by atoms with Gasteiger partial charge < -0.3 is 31.1 Å². The minimum atomic E-state index is -0.932. The van der Waals surface area contributed by atoms with Crippen LogP contribution >= 0.6 is 0 Å². The first kappa shape index (κ1) is 26.4. The average Bonchev–Trinajstić information content (AvgIpc) is 2.90. The average molecular weight is 513 g/mol. The molecule has 2 saturated heterocycles. The monoisotopic (exact) mass is 512 g/mol. The van der Waals surface area contributed by atoms with E-state index in [0.717, 1.165) is 38.5 Å². The smallest absolute Gasteiger partial charge is 0.321 e. The van der Waals surface area contributed by atoms with Crippen LogP contribution in [0.25, 0.3) is 0 Å². The molecule has 0 aromatic heterocycles. The van der Waals surface area contributed by atoms with Crippen molar-refractivity contribution in [2.75, 3.05) is 31.5 Å². The Hall–Kier alpha value is -3.63. The fraction of sp³-hybridized carbons (Fsp3) is 0.577. The van der Waals surface area contributed by atoms with Crippen molar-refractivity contribution in [3.63, 3.8) is 0 Å². The Morgan fingerprint density at radius 2 is 1.62 bits per heavy atom. The van der Waals surface area contributed by atoms with Crippen LogP contribution in [0.1, 0.15) is 62.2 Å². The predicted molar refractivity (Wildman–Crippen MR) is 137 cm³/mol. The van der Waals surface area contributed by atoms with Gasteiger partial charge in [-0.2, -0.15) is 0 Å². The summed E-state index contributed by atoms with van der Waals surface area (Å²) in [5.41, 5.74) is 1.06. The summed E-state index contributed by atoms with van der Waals surface area (Å²) >= 11 is 0. The summed E-state index contributed by atoms with van der Waals surface area (Å²) < 4.78 is 0. The Kier molecular flexibility index (Phi) is 8.62. The van der Waals surface area contributed by atoms with E-state index in [9.17, 15) is 24.0 Å². The second kappa shape index (κ2) is 12.1. The van der Waals surface area contributed by atoms with Gasteiger partial charge in [-0.1, -0.05) is 19.3 Å². The van der Waals surface area contributed by atoms with Gasteiger partial charge in [-0.15, -0.1) is 0 Å². The van der Waals surface area contributed by atoms with Crippen LogP contribution in [-0.2, 0) is 9.59 Å². The van der Waals surface area contributed by atoms with Gasteiger partial charge in [-0.05, 0) is 56.9 Å². The first-order valence-electron chi connectivity index (χ1n) is 13.1. The molecule has 11 heteroatoms. The van der Waals surface area contributed by atoms with Gasteiger partial charge in [-0.25, -0.2) is 9.59 Å². The number of hydrogen-bond donors (Lipinski definition) is 4. The first-order valence-corrected chi connectivity index (χ1v) is 13.1. The molecule has 1 aromatic carbocycles. The van der Waals surface area contributed by atoms with Crippen molar-refractivity contribution >= 4 is 35.3 Å². The number of anilines is 1. The van der Waals surface area contributed by atoms with Crippen LogP contribution in [0.15, 0.2) is 24.3 Å². The number of amides is 6. The first-order chi connectivity index (χ1) is 17.8. The van der Waals surface area contributed by atoms with Gasteiger partial charge in [0.25, 0.3) is 0 Å². The number of Topliss-reactive ketones (excluding diaryl/α,β-unsaturated/α-hetero) is 1. The molecule has 1 saturated carbocycles. The van der Waals surface area contributed by atoms with Crippen LogP contribution < -0.4 is 21.3 Å². The van der Waals surface area contributed by atoms with Gasteiger partial charge >= 0.3 is 12.1 Å². The lowest BCUT2D eigenvalue weighted by atomic mass is 9.95. The van der Waals surface area contributed by atoms with Gasteiger partial charge in [0, 0.05) is 36.9 Å². The van der Waals surface area contributed by atoms with Crippen LogP contribution in [-0.4, -0.2) is 83.8 Å². The molecule has 3 fully saturated rings. The summed E-state index contributed by atoms with van der Waals surface area (Å²) in [4.78, 5) is 66.3. The zero-order chi connectivity index (χ0) is 26.4. The molecule has 37 heavy (non-hydrogen) atoms. The molecule has 200 valence electrons. The highest BCUT2D eigenvalue weighted by Gasteiger charge is 2.39. The molecule has 4 N–H and O–H groups in total. The maximum Gasteiger partial charge on any atom is 0.321 e. The van der Waals surface area contributed by atoms with E-state index >= 15 is 0 Å². The zero-order valence-electron chi connectivity index (χ0n) is 21.3. The molecule has 11 nitrogen and oxygen atoms in total. The van der Waals surface area contributed by atoms with Gasteiger partial charge in [-0.3, -0.25) is 14.4 Å². The molecule has 2 heterocycles. The normalized spacial score (nSPS) is 22.6. The number of hydrogen-bond acceptors (Lipinski definition) is 5. The van der Waals surface area contributed by atoms with Crippen molar-refractivity contribution in [3.05, 3.63) is 29.8 Å². The van der Waals surface area contributed by atoms with E-state index in [1.165, 1.54) is 16.7 Å².